The van der Waals surface area contributed by atoms with Gasteiger partial charge in [-0.3, -0.25) is 9.59 Å². The summed E-state index contributed by atoms with van der Waals surface area (Å²) in [5.74, 6) is -1.05. The zero-order valence-electron chi connectivity index (χ0n) is 16.7. The number of carbonyl (C=O) groups is 3. The third-order valence-corrected chi connectivity index (χ3v) is 4.57. The number of urea groups is 1. The molecule has 0 heterocycles. The fourth-order valence-corrected chi connectivity index (χ4v) is 2.96. The zero-order chi connectivity index (χ0) is 21.2. The Balaban J connectivity index is 1.97. The molecule has 0 bridgehead atoms. The van der Waals surface area contributed by atoms with Crippen molar-refractivity contribution in [1.29, 1.82) is 0 Å². The van der Waals surface area contributed by atoms with E-state index in [0.717, 1.165) is 11.1 Å². The van der Waals surface area contributed by atoms with Crippen molar-refractivity contribution in [1.82, 2.24) is 15.5 Å². The van der Waals surface area contributed by atoms with E-state index in [0.29, 0.717) is 24.9 Å². The van der Waals surface area contributed by atoms with E-state index in [2.05, 4.69) is 10.6 Å². The van der Waals surface area contributed by atoms with Crippen molar-refractivity contribution in [2.45, 2.75) is 31.8 Å². The van der Waals surface area contributed by atoms with E-state index < -0.39 is 5.97 Å². The Morgan fingerprint density at radius 1 is 1.00 bits per heavy atom. The summed E-state index contributed by atoms with van der Waals surface area (Å²) in [6, 6.07) is 16.1. The van der Waals surface area contributed by atoms with Crippen LogP contribution in [0.15, 0.2) is 54.6 Å². The van der Waals surface area contributed by atoms with Crippen LogP contribution in [0.25, 0.3) is 0 Å². The molecule has 0 aromatic heterocycles. The zero-order valence-corrected chi connectivity index (χ0v) is 16.7. The van der Waals surface area contributed by atoms with Gasteiger partial charge in [-0.1, -0.05) is 42.5 Å². The van der Waals surface area contributed by atoms with Gasteiger partial charge in [0.25, 0.3) is 5.91 Å². The van der Waals surface area contributed by atoms with Gasteiger partial charge in [-0.15, -0.1) is 0 Å². The highest BCUT2D eigenvalue weighted by atomic mass is 16.4. The first-order valence-corrected chi connectivity index (χ1v) is 9.47. The fraction of sp³-hybridized carbons (Fsp3) is 0.318. The molecule has 1 unspecified atom stereocenters. The number of amides is 3. The largest absolute Gasteiger partial charge is 0.481 e. The van der Waals surface area contributed by atoms with Crippen molar-refractivity contribution in [3.05, 3.63) is 71.3 Å². The second-order valence-electron chi connectivity index (χ2n) is 6.90. The van der Waals surface area contributed by atoms with Crippen molar-refractivity contribution in [2.75, 3.05) is 14.1 Å². The van der Waals surface area contributed by atoms with Crippen LogP contribution in [-0.2, 0) is 17.8 Å². The van der Waals surface area contributed by atoms with Gasteiger partial charge in [0.2, 0.25) is 0 Å². The summed E-state index contributed by atoms with van der Waals surface area (Å²) in [4.78, 5) is 36.7. The number of rotatable bonds is 9. The number of hydrogen-bond donors (Lipinski definition) is 3. The van der Waals surface area contributed by atoms with Crippen LogP contribution in [0.3, 0.4) is 0 Å². The Kier molecular flexibility index (Phi) is 8.21. The molecule has 2 aromatic rings. The second kappa shape index (κ2) is 10.8. The number of benzene rings is 2. The molecule has 0 saturated heterocycles. The van der Waals surface area contributed by atoms with Gasteiger partial charge in [-0.2, -0.15) is 0 Å². The van der Waals surface area contributed by atoms with E-state index in [9.17, 15) is 14.4 Å². The highest BCUT2D eigenvalue weighted by Crippen LogP contribution is 2.10. The third kappa shape index (κ3) is 7.29. The molecule has 2 aromatic carbocycles. The number of nitrogens with zero attached hydrogens (tertiary/aromatic N) is 1. The molecule has 2 rings (SSSR count). The average Bonchev–Trinajstić information content (AvgIpc) is 2.72. The van der Waals surface area contributed by atoms with E-state index in [1.54, 1.807) is 38.4 Å². The van der Waals surface area contributed by atoms with E-state index in [1.165, 1.54) is 4.90 Å². The number of hydrogen-bond acceptors (Lipinski definition) is 3. The van der Waals surface area contributed by atoms with Gasteiger partial charge >= 0.3 is 12.0 Å². The van der Waals surface area contributed by atoms with Gasteiger partial charge in [0.1, 0.15) is 0 Å². The molecule has 29 heavy (non-hydrogen) atoms. The van der Waals surface area contributed by atoms with Crippen LogP contribution in [0.4, 0.5) is 4.79 Å². The van der Waals surface area contributed by atoms with Crippen LogP contribution in [0.2, 0.25) is 0 Å². The minimum atomic E-state index is -0.887. The van der Waals surface area contributed by atoms with Gasteiger partial charge < -0.3 is 20.6 Å². The van der Waals surface area contributed by atoms with E-state index in [4.69, 9.17) is 5.11 Å². The number of nitrogens with one attached hydrogen (secondary N) is 2. The van der Waals surface area contributed by atoms with Crippen LogP contribution in [0.1, 0.15) is 34.3 Å². The van der Waals surface area contributed by atoms with Gasteiger partial charge in [0.05, 0.1) is 0 Å². The molecule has 0 radical (unpaired) electrons. The van der Waals surface area contributed by atoms with Crippen LogP contribution < -0.4 is 10.6 Å². The van der Waals surface area contributed by atoms with Crippen LogP contribution >= 0.6 is 0 Å². The topological polar surface area (TPSA) is 98.7 Å². The van der Waals surface area contributed by atoms with Gasteiger partial charge in [0.15, 0.2) is 0 Å². The molecule has 1 atom stereocenters. The lowest BCUT2D eigenvalue weighted by Crippen LogP contribution is -2.44. The Bertz CT molecular complexity index is 822. The summed E-state index contributed by atoms with van der Waals surface area (Å²) in [6.07, 6.45) is 0.904. The maximum atomic E-state index is 12.6. The molecule has 0 aliphatic rings. The molecule has 0 aliphatic carbocycles. The molecule has 0 aliphatic heterocycles. The van der Waals surface area contributed by atoms with Gasteiger partial charge in [-0.25, -0.2) is 4.79 Å². The number of carbonyl (C=O) groups excluding carboxylic acids is 2. The van der Waals surface area contributed by atoms with Gasteiger partial charge in [-0.05, 0) is 36.1 Å². The van der Waals surface area contributed by atoms with E-state index in [-0.39, 0.29) is 24.4 Å². The first-order valence-electron chi connectivity index (χ1n) is 9.47. The van der Waals surface area contributed by atoms with Crippen LogP contribution in [-0.4, -0.2) is 48.1 Å². The smallest absolute Gasteiger partial charge is 0.317 e. The summed E-state index contributed by atoms with van der Waals surface area (Å²) in [6.45, 7) is 0.372. The lowest BCUT2D eigenvalue weighted by atomic mass is 10.0. The van der Waals surface area contributed by atoms with Crippen molar-refractivity contribution in [2.24, 2.45) is 0 Å². The highest BCUT2D eigenvalue weighted by Gasteiger charge is 2.17. The fourth-order valence-electron chi connectivity index (χ4n) is 2.96. The average molecular weight is 397 g/mol. The predicted molar refractivity (Wildman–Crippen MR) is 111 cm³/mol. The van der Waals surface area contributed by atoms with Crippen molar-refractivity contribution < 1.29 is 19.5 Å². The van der Waals surface area contributed by atoms with E-state index >= 15 is 0 Å². The van der Waals surface area contributed by atoms with Crippen molar-refractivity contribution >= 4 is 17.9 Å². The third-order valence-electron chi connectivity index (χ3n) is 4.57. The van der Waals surface area contributed by atoms with E-state index in [1.807, 2.05) is 30.3 Å². The quantitative estimate of drug-likeness (QED) is 0.606. The predicted octanol–water partition coefficient (Wildman–Crippen LogP) is 2.66. The minimum Gasteiger partial charge on any atom is -0.481 e. The lowest BCUT2D eigenvalue weighted by molar-refractivity contribution is -0.137. The Hall–Kier alpha value is -3.35. The molecule has 7 nitrogen and oxygen atoms in total. The monoisotopic (exact) mass is 397 g/mol. The van der Waals surface area contributed by atoms with Crippen LogP contribution in [0, 0.1) is 0 Å². The van der Waals surface area contributed by atoms with Crippen molar-refractivity contribution in [3.63, 3.8) is 0 Å². The molecular formula is C22H27N3O4. The highest BCUT2D eigenvalue weighted by molar-refractivity contribution is 5.93. The standard InChI is InChI=1S/C22H27N3O4/c1-23-21(28)18-10-8-17(9-11-18)15-25(2)22(29)24-19(12-13-20(26)27)14-16-6-4-3-5-7-16/h3-11,19H,12-15H2,1-2H3,(H,23,28)(H,24,29)(H,26,27). The van der Waals surface area contributed by atoms with Gasteiger partial charge in [0, 0.05) is 38.7 Å². The number of aliphatic carboxylic acids is 1. The first-order chi connectivity index (χ1) is 13.9. The maximum Gasteiger partial charge on any atom is 0.317 e. The minimum absolute atomic E-state index is 0.0115. The summed E-state index contributed by atoms with van der Waals surface area (Å²) >= 11 is 0. The molecule has 0 saturated carbocycles. The Morgan fingerprint density at radius 3 is 2.24 bits per heavy atom. The Morgan fingerprint density at radius 2 is 1.66 bits per heavy atom. The lowest BCUT2D eigenvalue weighted by Gasteiger charge is -2.24. The normalized spacial score (nSPS) is 11.4. The molecule has 3 N–H and O–H groups in total. The maximum absolute atomic E-state index is 12.6. The van der Waals surface area contributed by atoms with Crippen LogP contribution in [0.5, 0.6) is 0 Å². The SMILES string of the molecule is CNC(=O)c1ccc(CN(C)C(=O)NC(CCC(=O)O)Cc2ccccc2)cc1. The molecule has 154 valence electrons. The number of carboxylic acid groups (broad SMARTS) is 1. The second-order valence-corrected chi connectivity index (χ2v) is 6.90. The molecule has 3 amide bonds. The summed E-state index contributed by atoms with van der Waals surface area (Å²) < 4.78 is 0. The molecule has 7 heteroatoms. The molecule has 0 fully saturated rings. The summed E-state index contributed by atoms with van der Waals surface area (Å²) in [7, 11) is 3.25. The van der Waals surface area contributed by atoms with Crippen molar-refractivity contribution in [3.8, 4) is 0 Å². The number of carboxylic acids is 1. The Labute approximate surface area is 170 Å². The summed E-state index contributed by atoms with van der Waals surface area (Å²) in [5, 5.41) is 14.5. The molecule has 0 spiro atoms. The molecular weight excluding hydrogens is 370 g/mol. The first kappa shape index (κ1) is 21.9. The summed E-state index contributed by atoms with van der Waals surface area (Å²) in [5.41, 5.74) is 2.48.